The second-order valence-electron chi connectivity index (χ2n) is 6.07. The first-order chi connectivity index (χ1) is 11.5. The molecule has 7 nitrogen and oxygen atoms in total. The molecule has 25 heavy (non-hydrogen) atoms. The van der Waals surface area contributed by atoms with E-state index < -0.39 is 30.3 Å². The van der Waals surface area contributed by atoms with Gasteiger partial charge in [0.05, 0.1) is 7.11 Å². The van der Waals surface area contributed by atoms with Gasteiger partial charge in [-0.05, 0) is 26.8 Å². The van der Waals surface area contributed by atoms with Crippen molar-refractivity contribution in [1.29, 1.82) is 0 Å². The van der Waals surface area contributed by atoms with Crippen LogP contribution in [0.25, 0.3) is 0 Å². The van der Waals surface area contributed by atoms with Crippen LogP contribution in [0.1, 0.15) is 26.3 Å². The first-order valence-corrected chi connectivity index (χ1v) is 7.36. The highest BCUT2D eigenvalue weighted by Crippen LogP contribution is 2.33. The van der Waals surface area contributed by atoms with E-state index in [1.807, 2.05) is 0 Å². The standard InChI is InChI=1S/C16H21F2NO6/c1-16(2,3)25-15(22)19-10(13(20)21)8-9-6-5-7-11(23-4)12(9)24-14(17)18/h5-7,10,14H,8H2,1-4H3,(H,19,22)(H,20,21). The van der Waals surface area contributed by atoms with Crippen LogP contribution in [0.2, 0.25) is 0 Å². The summed E-state index contributed by atoms with van der Waals surface area (Å²) >= 11 is 0. The number of hydrogen-bond acceptors (Lipinski definition) is 5. The van der Waals surface area contributed by atoms with Gasteiger partial charge in [0.2, 0.25) is 0 Å². The number of alkyl carbamates (subject to hydrolysis) is 1. The van der Waals surface area contributed by atoms with E-state index in [0.29, 0.717) is 0 Å². The second kappa shape index (κ2) is 8.50. The van der Waals surface area contributed by atoms with Crippen molar-refractivity contribution in [2.24, 2.45) is 0 Å². The van der Waals surface area contributed by atoms with Crippen molar-refractivity contribution >= 4 is 12.1 Å². The summed E-state index contributed by atoms with van der Waals surface area (Å²) in [7, 11) is 1.27. The number of rotatable bonds is 7. The molecule has 1 aromatic rings. The van der Waals surface area contributed by atoms with Gasteiger partial charge < -0.3 is 24.6 Å². The first kappa shape index (κ1) is 20.5. The summed E-state index contributed by atoms with van der Waals surface area (Å²) in [6, 6.07) is 2.91. The first-order valence-electron chi connectivity index (χ1n) is 7.36. The molecule has 1 amide bonds. The average molecular weight is 361 g/mol. The normalized spacial score (nSPS) is 12.4. The van der Waals surface area contributed by atoms with Crippen molar-refractivity contribution in [2.75, 3.05) is 7.11 Å². The SMILES string of the molecule is COc1cccc(CC(NC(=O)OC(C)(C)C)C(=O)O)c1OC(F)F. The molecule has 1 atom stereocenters. The molecule has 1 unspecified atom stereocenters. The van der Waals surface area contributed by atoms with E-state index in [0.717, 1.165) is 0 Å². The van der Waals surface area contributed by atoms with Crippen LogP contribution in [0.15, 0.2) is 18.2 Å². The molecule has 2 N–H and O–H groups in total. The summed E-state index contributed by atoms with van der Waals surface area (Å²) in [5.41, 5.74) is -0.671. The summed E-state index contributed by atoms with van der Waals surface area (Å²) in [5, 5.41) is 11.5. The van der Waals surface area contributed by atoms with Crippen molar-refractivity contribution in [3.8, 4) is 11.5 Å². The Morgan fingerprint density at radius 3 is 2.40 bits per heavy atom. The Labute approximate surface area is 143 Å². The topological polar surface area (TPSA) is 94.1 Å². The molecule has 9 heteroatoms. The number of carbonyl (C=O) groups excluding carboxylic acids is 1. The van der Waals surface area contributed by atoms with E-state index in [2.05, 4.69) is 10.1 Å². The summed E-state index contributed by atoms with van der Waals surface area (Å²) in [5.74, 6) is -1.60. The molecule has 0 aromatic heterocycles. The zero-order valence-electron chi connectivity index (χ0n) is 14.3. The number of amides is 1. The van der Waals surface area contributed by atoms with Gasteiger partial charge >= 0.3 is 18.7 Å². The molecule has 1 aromatic carbocycles. The van der Waals surface area contributed by atoms with Gasteiger partial charge in [0.1, 0.15) is 11.6 Å². The molecule has 0 aliphatic carbocycles. The number of alkyl halides is 2. The van der Waals surface area contributed by atoms with Crippen LogP contribution < -0.4 is 14.8 Å². The van der Waals surface area contributed by atoms with Crippen LogP contribution >= 0.6 is 0 Å². The Hall–Kier alpha value is -2.58. The number of carboxylic acid groups (broad SMARTS) is 1. The third-order valence-corrected chi connectivity index (χ3v) is 2.90. The average Bonchev–Trinajstić information content (AvgIpc) is 2.45. The fourth-order valence-corrected chi connectivity index (χ4v) is 1.98. The smallest absolute Gasteiger partial charge is 0.408 e. The van der Waals surface area contributed by atoms with Gasteiger partial charge in [0.25, 0.3) is 0 Å². The number of methoxy groups -OCH3 is 1. The summed E-state index contributed by atoms with van der Waals surface area (Å²) < 4.78 is 39.7. The lowest BCUT2D eigenvalue weighted by Gasteiger charge is -2.22. The fourth-order valence-electron chi connectivity index (χ4n) is 1.98. The molecule has 0 saturated heterocycles. The molecular weight excluding hydrogens is 340 g/mol. The van der Waals surface area contributed by atoms with Gasteiger partial charge in [0, 0.05) is 12.0 Å². The van der Waals surface area contributed by atoms with Crippen molar-refractivity contribution in [1.82, 2.24) is 5.32 Å². The maximum Gasteiger partial charge on any atom is 0.408 e. The van der Waals surface area contributed by atoms with Crippen molar-refractivity contribution in [3.05, 3.63) is 23.8 Å². The third-order valence-electron chi connectivity index (χ3n) is 2.90. The van der Waals surface area contributed by atoms with Gasteiger partial charge in [0.15, 0.2) is 11.5 Å². The van der Waals surface area contributed by atoms with Crippen LogP contribution in [0, 0.1) is 0 Å². The highest BCUT2D eigenvalue weighted by Gasteiger charge is 2.26. The maximum absolute atomic E-state index is 12.6. The number of carboxylic acids is 1. The molecule has 0 aliphatic rings. The third kappa shape index (κ3) is 6.82. The van der Waals surface area contributed by atoms with Crippen LogP contribution in [-0.4, -0.2) is 42.5 Å². The van der Waals surface area contributed by atoms with E-state index in [-0.39, 0.29) is 23.5 Å². The molecular formula is C16H21F2NO6. The Morgan fingerprint density at radius 2 is 1.92 bits per heavy atom. The predicted octanol–water partition coefficient (Wildman–Crippen LogP) is 2.82. The lowest BCUT2D eigenvalue weighted by Crippen LogP contribution is -2.44. The Kier molecular flexibility index (Phi) is 6.96. The van der Waals surface area contributed by atoms with E-state index >= 15 is 0 Å². The molecule has 1 rings (SSSR count). The Bertz CT molecular complexity index is 615. The molecule has 140 valence electrons. The minimum Gasteiger partial charge on any atom is -0.493 e. The lowest BCUT2D eigenvalue weighted by atomic mass is 10.0. The van der Waals surface area contributed by atoms with Gasteiger partial charge in [-0.2, -0.15) is 8.78 Å². The molecule has 0 spiro atoms. The number of carbonyl (C=O) groups is 2. The number of para-hydroxylation sites is 1. The van der Waals surface area contributed by atoms with Gasteiger partial charge in [-0.25, -0.2) is 9.59 Å². The number of ether oxygens (including phenoxy) is 3. The van der Waals surface area contributed by atoms with Crippen LogP contribution in [-0.2, 0) is 16.0 Å². The summed E-state index contributed by atoms with van der Waals surface area (Å²) in [4.78, 5) is 23.2. The van der Waals surface area contributed by atoms with Gasteiger partial charge in [-0.1, -0.05) is 12.1 Å². The Balaban J connectivity index is 3.02. The highest BCUT2D eigenvalue weighted by molar-refractivity contribution is 5.80. The highest BCUT2D eigenvalue weighted by atomic mass is 19.3. The second-order valence-corrected chi connectivity index (χ2v) is 6.07. The van der Waals surface area contributed by atoms with Gasteiger partial charge in [-0.3, -0.25) is 0 Å². The van der Waals surface area contributed by atoms with Crippen LogP contribution in [0.4, 0.5) is 13.6 Å². The maximum atomic E-state index is 12.6. The molecule has 0 radical (unpaired) electrons. The molecule has 0 saturated carbocycles. The van der Waals surface area contributed by atoms with E-state index in [4.69, 9.17) is 9.47 Å². The molecule has 0 heterocycles. The quantitative estimate of drug-likeness (QED) is 0.776. The number of hydrogen-bond donors (Lipinski definition) is 2. The zero-order valence-corrected chi connectivity index (χ0v) is 14.3. The van der Waals surface area contributed by atoms with Crippen molar-refractivity contribution < 1.29 is 37.7 Å². The van der Waals surface area contributed by atoms with E-state index in [1.54, 1.807) is 20.8 Å². The molecule has 0 aliphatic heterocycles. The summed E-state index contributed by atoms with van der Waals surface area (Å²) in [6.45, 7) is 1.76. The molecule has 0 fully saturated rings. The monoisotopic (exact) mass is 361 g/mol. The largest absolute Gasteiger partial charge is 0.493 e. The minimum absolute atomic E-state index is 0.0270. The summed E-state index contributed by atoms with van der Waals surface area (Å²) in [6.07, 6.45) is -1.23. The van der Waals surface area contributed by atoms with Gasteiger partial charge in [-0.15, -0.1) is 0 Å². The number of halogens is 2. The number of nitrogens with one attached hydrogen (secondary N) is 1. The molecule has 0 bridgehead atoms. The van der Waals surface area contributed by atoms with Crippen LogP contribution in [0.5, 0.6) is 11.5 Å². The zero-order chi connectivity index (χ0) is 19.2. The van der Waals surface area contributed by atoms with E-state index in [1.165, 1.54) is 25.3 Å². The number of benzene rings is 1. The van der Waals surface area contributed by atoms with E-state index in [9.17, 15) is 23.5 Å². The lowest BCUT2D eigenvalue weighted by molar-refractivity contribution is -0.139. The van der Waals surface area contributed by atoms with Crippen molar-refractivity contribution in [3.63, 3.8) is 0 Å². The van der Waals surface area contributed by atoms with Crippen LogP contribution in [0.3, 0.4) is 0 Å². The number of aliphatic carboxylic acids is 1. The van der Waals surface area contributed by atoms with Crippen molar-refractivity contribution in [2.45, 2.75) is 45.4 Å². The predicted molar refractivity (Wildman–Crippen MR) is 84.1 cm³/mol. The Morgan fingerprint density at radius 1 is 1.28 bits per heavy atom. The minimum atomic E-state index is -3.11. The fraction of sp³-hybridized carbons (Fsp3) is 0.500.